The van der Waals surface area contributed by atoms with Crippen LogP contribution in [0.2, 0.25) is 0 Å². The van der Waals surface area contributed by atoms with Gasteiger partial charge in [-0.05, 0) is 19.3 Å². The molecule has 0 aliphatic carbocycles. The third-order valence-electron chi connectivity index (χ3n) is 4.69. The van der Waals surface area contributed by atoms with E-state index in [1.807, 2.05) is 0 Å². The van der Waals surface area contributed by atoms with Gasteiger partial charge in [0.2, 0.25) is 35.4 Å². The van der Waals surface area contributed by atoms with Crippen molar-refractivity contribution in [3.05, 3.63) is 0 Å². The maximum atomic E-state index is 12.8. The topological polar surface area (TPSA) is 266 Å². The highest BCUT2D eigenvalue weighted by Gasteiger charge is 2.31. The summed E-state index contributed by atoms with van der Waals surface area (Å²) in [6, 6.07) is -6.53. The first kappa shape index (κ1) is 32.6. The lowest BCUT2D eigenvalue weighted by Crippen LogP contribution is -2.58. The Labute approximate surface area is 213 Å². The molecule has 6 amide bonds. The van der Waals surface area contributed by atoms with Crippen molar-refractivity contribution in [3.8, 4) is 0 Å². The first-order valence-corrected chi connectivity index (χ1v) is 11.6. The molecule has 0 aromatic carbocycles. The predicted octanol–water partition coefficient (Wildman–Crippen LogP) is -3.92. The van der Waals surface area contributed by atoms with E-state index in [0.717, 1.165) is 0 Å². The van der Waals surface area contributed by atoms with Gasteiger partial charge >= 0.3 is 5.97 Å². The number of carbonyl (C=O) groups is 7. The molecule has 36 heavy (non-hydrogen) atoms. The van der Waals surface area contributed by atoms with Gasteiger partial charge in [-0.15, -0.1) is 0 Å². The zero-order valence-corrected chi connectivity index (χ0v) is 21.2. The number of rotatable bonds is 16. The minimum atomic E-state index is -1.51. The van der Waals surface area contributed by atoms with Gasteiger partial charge in [-0.2, -0.15) is 12.6 Å². The monoisotopic (exact) mass is 533 g/mol. The molecule has 16 heteroatoms. The van der Waals surface area contributed by atoms with Crippen LogP contribution >= 0.6 is 12.6 Å². The molecule has 0 unspecified atom stereocenters. The maximum Gasteiger partial charge on any atom is 0.327 e. The number of amides is 6. The average Bonchev–Trinajstić information content (AvgIpc) is 2.74. The quantitative estimate of drug-likeness (QED) is 0.0876. The molecule has 11 N–H and O–H groups in total. The van der Waals surface area contributed by atoms with Crippen molar-refractivity contribution in [1.29, 1.82) is 0 Å². The van der Waals surface area contributed by atoms with Gasteiger partial charge in [0.25, 0.3) is 0 Å². The van der Waals surface area contributed by atoms with Crippen molar-refractivity contribution in [2.24, 2.45) is 23.1 Å². The Hall–Kier alpha value is -3.40. The SMILES string of the molecule is CC(C)C[C@H](NC(=O)[C@H](CC(N)=O)NC(=O)[C@@H](N)CC(N)=O)C(=O)N[C@@H](C)C(=O)N[C@@H](CS)C(=O)O. The first-order valence-electron chi connectivity index (χ1n) is 11.0. The molecule has 0 aromatic rings. The van der Waals surface area contributed by atoms with Gasteiger partial charge in [0.05, 0.1) is 18.9 Å². The van der Waals surface area contributed by atoms with Gasteiger partial charge in [0.1, 0.15) is 24.2 Å². The van der Waals surface area contributed by atoms with E-state index in [1.54, 1.807) is 13.8 Å². The highest BCUT2D eigenvalue weighted by atomic mass is 32.1. The van der Waals surface area contributed by atoms with Crippen molar-refractivity contribution < 1.29 is 38.7 Å². The van der Waals surface area contributed by atoms with Crippen LogP contribution in [0.5, 0.6) is 0 Å². The third-order valence-corrected chi connectivity index (χ3v) is 5.05. The van der Waals surface area contributed by atoms with Crippen molar-refractivity contribution in [2.45, 2.75) is 70.2 Å². The zero-order valence-electron chi connectivity index (χ0n) is 20.3. The minimum Gasteiger partial charge on any atom is -0.480 e. The van der Waals surface area contributed by atoms with Gasteiger partial charge in [-0.3, -0.25) is 28.8 Å². The summed E-state index contributed by atoms with van der Waals surface area (Å²) in [5.74, 6) is -6.83. The lowest BCUT2D eigenvalue weighted by Gasteiger charge is -2.25. The van der Waals surface area contributed by atoms with Crippen LogP contribution in [0.1, 0.15) is 40.0 Å². The third kappa shape index (κ3) is 12.3. The number of nitrogens with one attached hydrogen (secondary N) is 4. The fraction of sp³-hybridized carbons (Fsp3) is 0.650. The Morgan fingerprint density at radius 2 is 1.19 bits per heavy atom. The van der Waals surface area contributed by atoms with E-state index in [2.05, 4.69) is 33.9 Å². The predicted molar refractivity (Wildman–Crippen MR) is 130 cm³/mol. The van der Waals surface area contributed by atoms with Crippen molar-refractivity contribution in [3.63, 3.8) is 0 Å². The Morgan fingerprint density at radius 3 is 1.64 bits per heavy atom. The van der Waals surface area contributed by atoms with Crippen LogP contribution in [-0.4, -0.2) is 82.5 Å². The lowest BCUT2D eigenvalue weighted by molar-refractivity contribution is -0.141. The number of carbonyl (C=O) groups excluding carboxylic acids is 6. The summed E-state index contributed by atoms with van der Waals surface area (Å²) in [6.45, 7) is 4.84. The molecule has 0 fully saturated rings. The molecule has 0 rings (SSSR count). The molecule has 0 spiro atoms. The molecule has 0 aliphatic rings. The van der Waals surface area contributed by atoms with Crippen molar-refractivity contribution >= 4 is 54.0 Å². The van der Waals surface area contributed by atoms with E-state index in [0.29, 0.717) is 0 Å². The molecule has 15 nitrogen and oxygen atoms in total. The second-order valence-corrected chi connectivity index (χ2v) is 8.88. The average molecular weight is 534 g/mol. The largest absolute Gasteiger partial charge is 0.480 e. The number of aliphatic carboxylic acids is 1. The van der Waals surface area contributed by atoms with Crippen molar-refractivity contribution in [1.82, 2.24) is 21.3 Å². The normalized spacial score (nSPS) is 14.9. The van der Waals surface area contributed by atoms with E-state index in [9.17, 15) is 33.6 Å². The van der Waals surface area contributed by atoms with Crippen LogP contribution in [0.15, 0.2) is 0 Å². The lowest BCUT2D eigenvalue weighted by atomic mass is 10.0. The Balaban J connectivity index is 5.49. The van der Waals surface area contributed by atoms with Crippen LogP contribution in [0, 0.1) is 5.92 Å². The maximum absolute atomic E-state index is 12.8. The second kappa shape index (κ2) is 15.6. The minimum absolute atomic E-state index is 0.110. The van der Waals surface area contributed by atoms with Gasteiger partial charge in [-0.25, -0.2) is 4.79 Å². The summed E-state index contributed by atoms with van der Waals surface area (Å²) in [7, 11) is 0. The fourth-order valence-electron chi connectivity index (χ4n) is 2.84. The van der Waals surface area contributed by atoms with E-state index < -0.39 is 84.5 Å². The van der Waals surface area contributed by atoms with E-state index in [4.69, 9.17) is 22.3 Å². The van der Waals surface area contributed by atoms with Crippen LogP contribution in [-0.2, 0) is 33.6 Å². The number of primary amides is 2. The summed E-state index contributed by atoms with van der Waals surface area (Å²) >= 11 is 3.85. The van der Waals surface area contributed by atoms with Gasteiger partial charge in [0, 0.05) is 5.75 Å². The number of nitrogens with two attached hydrogens (primary N) is 3. The highest BCUT2D eigenvalue weighted by molar-refractivity contribution is 7.80. The standard InChI is InChI=1S/C20H35N7O8S/c1-8(2)4-11(18(32)24-9(3)16(30)27-13(7-36)20(34)35)26-19(33)12(6-15(23)29)25-17(31)10(21)5-14(22)28/h8-13,36H,4-7,21H2,1-3H3,(H2,22,28)(H2,23,29)(H,24,32)(H,25,31)(H,26,33)(H,27,30)(H,34,35)/t9-,10-,11-,12-,13-/m0/s1. The molecular formula is C20H35N7O8S. The second-order valence-electron chi connectivity index (χ2n) is 8.51. The van der Waals surface area contributed by atoms with Crippen LogP contribution in [0.4, 0.5) is 0 Å². The molecule has 0 saturated carbocycles. The van der Waals surface area contributed by atoms with Gasteiger partial charge in [-0.1, -0.05) is 13.8 Å². The van der Waals surface area contributed by atoms with E-state index in [-0.39, 0.29) is 18.1 Å². The Bertz CT molecular complexity index is 854. The first-order chi connectivity index (χ1) is 16.6. The zero-order chi connectivity index (χ0) is 28.2. The molecule has 0 heterocycles. The summed E-state index contributed by atoms with van der Waals surface area (Å²) in [4.78, 5) is 83.6. The molecule has 204 valence electrons. The number of hydrogen-bond donors (Lipinski definition) is 9. The molecule has 0 aliphatic heterocycles. The molecule has 0 bridgehead atoms. The van der Waals surface area contributed by atoms with Gasteiger partial charge < -0.3 is 43.6 Å². The summed E-state index contributed by atoms with van der Waals surface area (Å²) in [5, 5.41) is 18.3. The Morgan fingerprint density at radius 1 is 0.722 bits per heavy atom. The summed E-state index contributed by atoms with van der Waals surface area (Å²) in [5.41, 5.74) is 15.7. The number of carboxylic acid groups (broad SMARTS) is 1. The highest BCUT2D eigenvalue weighted by Crippen LogP contribution is 2.07. The van der Waals surface area contributed by atoms with Gasteiger partial charge in [0.15, 0.2) is 0 Å². The van der Waals surface area contributed by atoms with Crippen molar-refractivity contribution in [2.75, 3.05) is 5.75 Å². The number of hydrogen-bond acceptors (Lipinski definition) is 9. The van der Waals surface area contributed by atoms with E-state index in [1.165, 1.54) is 6.92 Å². The number of carboxylic acids is 1. The molecule has 0 saturated heterocycles. The van der Waals surface area contributed by atoms with Crippen LogP contribution in [0.3, 0.4) is 0 Å². The molecule has 0 radical (unpaired) electrons. The van der Waals surface area contributed by atoms with E-state index >= 15 is 0 Å². The van der Waals surface area contributed by atoms with Crippen LogP contribution in [0.25, 0.3) is 0 Å². The molecular weight excluding hydrogens is 498 g/mol. The van der Waals surface area contributed by atoms with Crippen LogP contribution < -0.4 is 38.5 Å². The summed E-state index contributed by atoms with van der Waals surface area (Å²) < 4.78 is 0. The molecule has 0 aromatic heterocycles. The summed E-state index contributed by atoms with van der Waals surface area (Å²) in [6.07, 6.45) is -1.03. The number of thiol groups is 1. The fourth-order valence-corrected chi connectivity index (χ4v) is 3.08. The molecule has 5 atom stereocenters. The smallest absolute Gasteiger partial charge is 0.327 e. The Kier molecular flexibility index (Phi) is 14.1.